The number of carboxylic acid groups (broad SMARTS) is 2. The molecule has 0 radical (unpaired) electrons. The van der Waals surface area contributed by atoms with Gasteiger partial charge in [0.15, 0.2) is 0 Å². The molecule has 134 valence electrons. The van der Waals surface area contributed by atoms with Crippen LogP contribution in [0.5, 0.6) is 0 Å². The van der Waals surface area contributed by atoms with Crippen LogP contribution in [-0.2, 0) is 14.4 Å². The first-order valence-corrected chi connectivity index (χ1v) is 8.25. The molecule has 2 unspecified atom stereocenters. The van der Waals surface area contributed by atoms with Gasteiger partial charge in [-0.3, -0.25) is 9.59 Å². The Morgan fingerprint density at radius 3 is 2.22 bits per heavy atom. The molecule has 4 N–H and O–H groups in total. The van der Waals surface area contributed by atoms with Gasteiger partial charge in [0.05, 0.1) is 0 Å². The second kappa shape index (κ2) is 12.9. The highest BCUT2D eigenvalue weighted by atomic mass is 16.4. The van der Waals surface area contributed by atoms with E-state index in [4.69, 9.17) is 10.2 Å². The molecule has 0 bridgehead atoms. The number of hydrogen-bond acceptors (Lipinski definition) is 4. The second-order valence-corrected chi connectivity index (χ2v) is 5.99. The van der Waals surface area contributed by atoms with Crippen molar-refractivity contribution in [2.75, 3.05) is 13.6 Å². The lowest BCUT2D eigenvalue weighted by Gasteiger charge is -2.14. The normalized spacial score (nSPS) is 13.3. The molecule has 0 heterocycles. The number of carboxylic acids is 2. The molecule has 0 aromatic rings. The van der Waals surface area contributed by atoms with Crippen LogP contribution in [0, 0.1) is 5.92 Å². The third-order valence-corrected chi connectivity index (χ3v) is 3.75. The smallest absolute Gasteiger partial charge is 0.326 e. The minimum Gasteiger partial charge on any atom is -0.481 e. The third kappa shape index (κ3) is 12.6. The molecule has 0 rings (SSSR count). The van der Waals surface area contributed by atoms with E-state index in [2.05, 4.69) is 17.6 Å². The summed E-state index contributed by atoms with van der Waals surface area (Å²) < 4.78 is 0. The van der Waals surface area contributed by atoms with Gasteiger partial charge in [0.1, 0.15) is 6.04 Å². The molecule has 2 atom stereocenters. The van der Waals surface area contributed by atoms with Gasteiger partial charge < -0.3 is 20.8 Å². The Bertz CT molecular complexity index is 373. The summed E-state index contributed by atoms with van der Waals surface area (Å²) in [6.07, 6.45) is 4.41. The largest absolute Gasteiger partial charge is 0.481 e. The first kappa shape index (κ1) is 21.4. The van der Waals surface area contributed by atoms with Crippen molar-refractivity contribution in [2.45, 2.75) is 64.3 Å². The van der Waals surface area contributed by atoms with Crippen molar-refractivity contribution in [1.82, 2.24) is 10.6 Å². The van der Waals surface area contributed by atoms with Crippen LogP contribution in [-0.4, -0.2) is 47.7 Å². The highest BCUT2D eigenvalue weighted by Crippen LogP contribution is 2.12. The van der Waals surface area contributed by atoms with E-state index in [0.29, 0.717) is 12.3 Å². The lowest BCUT2D eigenvalue weighted by molar-refractivity contribution is -0.142. The lowest BCUT2D eigenvalue weighted by Crippen LogP contribution is -2.40. The number of nitrogens with one attached hydrogen (secondary N) is 2. The first-order valence-electron chi connectivity index (χ1n) is 8.25. The van der Waals surface area contributed by atoms with Crippen LogP contribution >= 0.6 is 0 Å². The van der Waals surface area contributed by atoms with Gasteiger partial charge in [-0.15, -0.1) is 0 Å². The third-order valence-electron chi connectivity index (χ3n) is 3.75. The zero-order valence-electron chi connectivity index (χ0n) is 14.1. The predicted molar refractivity (Wildman–Crippen MR) is 87.2 cm³/mol. The number of carbonyl (C=O) groups is 3. The summed E-state index contributed by atoms with van der Waals surface area (Å²) in [5.74, 6) is -1.76. The molecular weight excluding hydrogens is 300 g/mol. The van der Waals surface area contributed by atoms with Gasteiger partial charge in [-0.25, -0.2) is 4.79 Å². The van der Waals surface area contributed by atoms with E-state index < -0.39 is 18.0 Å². The highest BCUT2D eigenvalue weighted by molar-refractivity contribution is 5.83. The molecule has 0 fully saturated rings. The fourth-order valence-corrected chi connectivity index (χ4v) is 2.29. The summed E-state index contributed by atoms with van der Waals surface area (Å²) in [5.41, 5.74) is 0. The predicted octanol–water partition coefficient (Wildman–Crippen LogP) is 1.62. The van der Waals surface area contributed by atoms with Gasteiger partial charge in [-0.2, -0.15) is 0 Å². The summed E-state index contributed by atoms with van der Waals surface area (Å²) in [6, 6.07) is -1.00. The van der Waals surface area contributed by atoms with Crippen LogP contribution in [0.25, 0.3) is 0 Å². The van der Waals surface area contributed by atoms with Crippen LogP contribution in [0.2, 0.25) is 0 Å². The van der Waals surface area contributed by atoms with E-state index >= 15 is 0 Å². The number of hydrogen-bond donors (Lipinski definition) is 4. The summed E-state index contributed by atoms with van der Waals surface area (Å²) >= 11 is 0. The fourth-order valence-electron chi connectivity index (χ4n) is 2.29. The van der Waals surface area contributed by atoms with E-state index in [1.807, 2.05) is 7.05 Å². The van der Waals surface area contributed by atoms with E-state index in [9.17, 15) is 14.4 Å². The van der Waals surface area contributed by atoms with Gasteiger partial charge >= 0.3 is 11.9 Å². The van der Waals surface area contributed by atoms with Crippen molar-refractivity contribution in [1.29, 1.82) is 0 Å². The maximum absolute atomic E-state index is 11.8. The maximum atomic E-state index is 11.8. The van der Waals surface area contributed by atoms with Gasteiger partial charge in [0.2, 0.25) is 5.91 Å². The van der Waals surface area contributed by atoms with Crippen LogP contribution in [0.1, 0.15) is 58.3 Å². The number of unbranched alkanes of at least 4 members (excludes halogenated alkanes) is 1. The molecule has 0 aliphatic carbocycles. The minimum atomic E-state index is -1.12. The number of rotatable bonds is 14. The second-order valence-electron chi connectivity index (χ2n) is 5.99. The zero-order valence-corrected chi connectivity index (χ0v) is 14.1. The highest BCUT2D eigenvalue weighted by Gasteiger charge is 2.19. The summed E-state index contributed by atoms with van der Waals surface area (Å²) in [4.78, 5) is 33.3. The quantitative estimate of drug-likeness (QED) is 0.360. The monoisotopic (exact) mass is 330 g/mol. The van der Waals surface area contributed by atoms with Crippen molar-refractivity contribution in [3.63, 3.8) is 0 Å². The van der Waals surface area contributed by atoms with Gasteiger partial charge in [0.25, 0.3) is 0 Å². The van der Waals surface area contributed by atoms with Crippen LogP contribution in [0.4, 0.5) is 0 Å². The van der Waals surface area contributed by atoms with Crippen LogP contribution in [0.3, 0.4) is 0 Å². The Labute approximate surface area is 137 Å². The Morgan fingerprint density at radius 1 is 0.957 bits per heavy atom. The number of aliphatic carboxylic acids is 2. The van der Waals surface area contributed by atoms with Crippen molar-refractivity contribution in [3.8, 4) is 0 Å². The average Bonchev–Trinajstić information content (AvgIpc) is 2.48. The van der Waals surface area contributed by atoms with E-state index in [0.717, 1.165) is 32.2 Å². The van der Waals surface area contributed by atoms with Gasteiger partial charge in [-0.1, -0.05) is 19.8 Å². The van der Waals surface area contributed by atoms with E-state index in [1.54, 1.807) is 0 Å². The molecule has 0 saturated heterocycles. The van der Waals surface area contributed by atoms with Crippen LogP contribution < -0.4 is 10.6 Å². The number of amides is 1. The Balaban J connectivity index is 3.90. The summed E-state index contributed by atoms with van der Waals surface area (Å²) in [5, 5.41) is 23.2. The standard InChI is InChI=1S/C16H30N2O5/c1-12(10-11-17-2)6-3-4-8-14(19)18-13(16(22)23)7-5-9-15(20)21/h12-13,17H,3-11H2,1-2H3,(H,18,19)(H,20,21)(H,22,23). The van der Waals surface area contributed by atoms with Crippen molar-refractivity contribution < 1.29 is 24.6 Å². The molecule has 23 heavy (non-hydrogen) atoms. The van der Waals surface area contributed by atoms with Crippen molar-refractivity contribution in [2.24, 2.45) is 5.92 Å². The topological polar surface area (TPSA) is 116 Å². The minimum absolute atomic E-state index is 0.0931. The maximum Gasteiger partial charge on any atom is 0.326 e. The fraction of sp³-hybridized carbons (Fsp3) is 0.812. The van der Waals surface area contributed by atoms with E-state index in [-0.39, 0.29) is 25.2 Å². The zero-order chi connectivity index (χ0) is 17.7. The Kier molecular flexibility index (Phi) is 12.0. The molecule has 1 amide bonds. The Hall–Kier alpha value is -1.63. The first-order chi connectivity index (χ1) is 10.9. The van der Waals surface area contributed by atoms with Gasteiger partial charge in [-0.05, 0) is 45.2 Å². The molecule has 0 aliphatic rings. The SMILES string of the molecule is CNCCC(C)CCCCC(=O)NC(CCCC(=O)O)C(=O)O. The number of carbonyl (C=O) groups excluding carboxylic acids is 1. The molecular formula is C16H30N2O5. The van der Waals surface area contributed by atoms with E-state index in [1.165, 1.54) is 0 Å². The van der Waals surface area contributed by atoms with Crippen LogP contribution in [0.15, 0.2) is 0 Å². The molecule has 7 heteroatoms. The molecule has 0 aromatic carbocycles. The molecule has 0 saturated carbocycles. The molecule has 0 spiro atoms. The molecule has 0 aliphatic heterocycles. The van der Waals surface area contributed by atoms with Crippen molar-refractivity contribution >= 4 is 17.8 Å². The molecule has 7 nitrogen and oxygen atoms in total. The average molecular weight is 330 g/mol. The molecule has 0 aromatic heterocycles. The summed E-state index contributed by atoms with van der Waals surface area (Å²) in [7, 11) is 1.92. The lowest BCUT2D eigenvalue weighted by atomic mass is 10.00. The van der Waals surface area contributed by atoms with Gasteiger partial charge in [0, 0.05) is 12.8 Å². The summed E-state index contributed by atoms with van der Waals surface area (Å²) in [6.45, 7) is 3.17. The van der Waals surface area contributed by atoms with Crippen molar-refractivity contribution in [3.05, 3.63) is 0 Å². The Morgan fingerprint density at radius 2 is 1.65 bits per heavy atom.